The van der Waals surface area contributed by atoms with Crippen LogP contribution in [-0.4, -0.2) is 66.8 Å². The van der Waals surface area contributed by atoms with Crippen molar-refractivity contribution >= 4 is 11.7 Å². The van der Waals surface area contributed by atoms with E-state index in [1.165, 1.54) is 103 Å². The summed E-state index contributed by atoms with van der Waals surface area (Å²) < 4.78 is 0. The van der Waals surface area contributed by atoms with Gasteiger partial charge in [-0.2, -0.15) is 0 Å². The Morgan fingerprint density at radius 2 is 1.32 bits per heavy atom. The van der Waals surface area contributed by atoms with E-state index in [2.05, 4.69) is 27.0 Å². The smallest absolute Gasteiger partial charge is 0.252 e. The molecule has 1 aliphatic rings. The van der Waals surface area contributed by atoms with Crippen molar-refractivity contribution in [3.63, 3.8) is 0 Å². The molecule has 1 saturated heterocycles. The Hall–Kier alpha value is -1.66. The largest absolute Gasteiger partial charge is 0.396 e. The number of carbonyl (C=O) groups is 1. The van der Waals surface area contributed by atoms with Gasteiger partial charge in [-0.05, 0) is 37.9 Å². The lowest BCUT2D eigenvalue weighted by atomic mass is 10.0. The first-order valence-electron chi connectivity index (χ1n) is 15.6. The number of nitrogens with zero attached hydrogens (tertiary/aromatic N) is 3. The lowest BCUT2D eigenvalue weighted by Gasteiger charge is -2.35. The Bertz CT molecular complexity index is 674. The number of carbonyl (C=O) groups excluding carboxylic acids is 1. The van der Waals surface area contributed by atoms with Gasteiger partial charge in [0.25, 0.3) is 5.91 Å². The van der Waals surface area contributed by atoms with Gasteiger partial charge in [0.1, 0.15) is 5.82 Å². The Kier molecular flexibility index (Phi) is 18.2. The minimum Gasteiger partial charge on any atom is -0.396 e. The van der Waals surface area contributed by atoms with Crippen LogP contribution in [0.4, 0.5) is 5.82 Å². The number of anilines is 1. The average Bonchev–Trinajstić information content (AvgIpc) is 2.94. The van der Waals surface area contributed by atoms with Gasteiger partial charge in [-0.15, -0.1) is 0 Å². The topological polar surface area (TPSA) is 68.7 Å². The van der Waals surface area contributed by atoms with Crippen LogP contribution >= 0.6 is 0 Å². The normalized spacial score (nSPS) is 14.3. The number of amides is 1. The molecular weight excluding hydrogens is 460 g/mol. The van der Waals surface area contributed by atoms with Crippen LogP contribution in [-0.2, 0) is 0 Å². The Morgan fingerprint density at radius 3 is 1.81 bits per heavy atom. The minimum absolute atomic E-state index is 0.00593. The molecule has 6 nitrogen and oxygen atoms in total. The first kappa shape index (κ1) is 31.6. The van der Waals surface area contributed by atoms with E-state index in [4.69, 9.17) is 5.11 Å². The van der Waals surface area contributed by atoms with Crippen LogP contribution in [0, 0.1) is 0 Å². The van der Waals surface area contributed by atoms with Crippen molar-refractivity contribution in [1.29, 1.82) is 0 Å². The molecule has 0 aliphatic carbocycles. The van der Waals surface area contributed by atoms with Crippen LogP contribution in [0.2, 0.25) is 0 Å². The summed E-state index contributed by atoms with van der Waals surface area (Å²) in [5.41, 5.74) is 0.659. The van der Waals surface area contributed by atoms with Crippen LogP contribution in [0.25, 0.3) is 0 Å². The van der Waals surface area contributed by atoms with Gasteiger partial charge in [-0.3, -0.25) is 9.69 Å². The molecular formula is C31H56N4O2. The van der Waals surface area contributed by atoms with Gasteiger partial charge >= 0.3 is 0 Å². The van der Waals surface area contributed by atoms with Gasteiger partial charge in [-0.25, -0.2) is 4.98 Å². The maximum absolute atomic E-state index is 12.5. The number of aromatic nitrogens is 1. The van der Waals surface area contributed by atoms with Crippen LogP contribution < -0.4 is 10.2 Å². The molecule has 0 saturated carbocycles. The summed E-state index contributed by atoms with van der Waals surface area (Å²) in [5.74, 6) is 0.977. The van der Waals surface area contributed by atoms with Crippen molar-refractivity contribution in [3.8, 4) is 0 Å². The first-order chi connectivity index (χ1) is 18.2. The van der Waals surface area contributed by atoms with Gasteiger partial charge in [0.2, 0.25) is 0 Å². The molecule has 0 bridgehead atoms. The summed E-state index contributed by atoms with van der Waals surface area (Å²) in [6.07, 6.45) is 23.5. The molecule has 1 fully saturated rings. The SMILES string of the molecule is CCCCN1CCN(c2ccc(C(=O)NCCCCCCCCCCCCCCCCCO)cn2)CC1. The lowest BCUT2D eigenvalue weighted by molar-refractivity contribution is 0.0952. The average molecular weight is 517 g/mol. The fourth-order valence-corrected chi connectivity index (χ4v) is 5.13. The van der Waals surface area contributed by atoms with Crippen molar-refractivity contribution in [1.82, 2.24) is 15.2 Å². The number of pyridine rings is 1. The summed E-state index contributed by atoms with van der Waals surface area (Å²) >= 11 is 0. The molecule has 37 heavy (non-hydrogen) atoms. The second-order valence-corrected chi connectivity index (χ2v) is 10.9. The van der Waals surface area contributed by atoms with Crippen molar-refractivity contribution in [2.45, 2.75) is 116 Å². The van der Waals surface area contributed by atoms with E-state index in [9.17, 15) is 4.79 Å². The molecule has 2 rings (SSSR count). The van der Waals surface area contributed by atoms with Gasteiger partial charge in [0, 0.05) is 45.5 Å². The highest BCUT2D eigenvalue weighted by Crippen LogP contribution is 2.15. The predicted molar refractivity (Wildman–Crippen MR) is 156 cm³/mol. The highest BCUT2D eigenvalue weighted by atomic mass is 16.2. The maximum Gasteiger partial charge on any atom is 0.252 e. The van der Waals surface area contributed by atoms with E-state index in [-0.39, 0.29) is 5.91 Å². The predicted octanol–water partition coefficient (Wildman–Crippen LogP) is 6.58. The fourth-order valence-electron chi connectivity index (χ4n) is 5.13. The van der Waals surface area contributed by atoms with Gasteiger partial charge in [-0.1, -0.05) is 96.8 Å². The Morgan fingerprint density at radius 1 is 0.784 bits per heavy atom. The van der Waals surface area contributed by atoms with Crippen molar-refractivity contribution in [2.75, 3.05) is 50.8 Å². The number of hydrogen-bond acceptors (Lipinski definition) is 5. The third kappa shape index (κ3) is 14.8. The molecule has 1 amide bonds. The summed E-state index contributed by atoms with van der Waals surface area (Å²) in [6, 6.07) is 3.91. The van der Waals surface area contributed by atoms with Gasteiger partial charge < -0.3 is 15.3 Å². The van der Waals surface area contributed by atoms with Crippen LogP contribution in [0.3, 0.4) is 0 Å². The van der Waals surface area contributed by atoms with Gasteiger partial charge in [0.05, 0.1) is 5.56 Å². The van der Waals surface area contributed by atoms with Crippen molar-refractivity contribution in [2.24, 2.45) is 0 Å². The van der Waals surface area contributed by atoms with E-state index < -0.39 is 0 Å². The van der Waals surface area contributed by atoms with E-state index in [1.54, 1.807) is 6.20 Å². The number of rotatable bonds is 22. The monoisotopic (exact) mass is 516 g/mol. The number of hydrogen-bond donors (Lipinski definition) is 2. The second-order valence-electron chi connectivity index (χ2n) is 10.9. The molecule has 2 heterocycles. The van der Waals surface area contributed by atoms with Crippen LogP contribution in [0.5, 0.6) is 0 Å². The molecule has 0 radical (unpaired) electrons. The molecule has 0 spiro atoms. The molecule has 0 unspecified atom stereocenters. The van der Waals surface area contributed by atoms with E-state index in [1.807, 2.05) is 12.1 Å². The van der Waals surface area contributed by atoms with Crippen LogP contribution in [0.15, 0.2) is 18.3 Å². The molecule has 1 aliphatic heterocycles. The van der Waals surface area contributed by atoms with E-state index in [0.29, 0.717) is 12.2 Å². The second kappa shape index (κ2) is 21.3. The Balaban J connectivity index is 1.41. The highest BCUT2D eigenvalue weighted by molar-refractivity contribution is 5.94. The number of piperazine rings is 1. The first-order valence-corrected chi connectivity index (χ1v) is 15.6. The number of aliphatic hydroxyl groups is 1. The highest BCUT2D eigenvalue weighted by Gasteiger charge is 2.17. The molecule has 0 atom stereocenters. The summed E-state index contributed by atoms with van der Waals surface area (Å²) in [5, 5.41) is 11.8. The molecule has 212 valence electrons. The third-order valence-electron chi connectivity index (χ3n) is 7.65. The quantitative estimate of drug-likeness (QED) is 0.170. The standard InChI is InChI=1S/C31H56N4O2/c1-2-3-22-34-23-25-35(26-24-34)30-20-19-29(28-33-30)31(37)32-21-17-15-13-11-9-7-5-4-6-8-10-12-14-16-18-27-36/h19-20,28,36H,2-18,21-27H2,1H3,(H,32,37). The zero-order valence-corrected chi connectivity index (χ0v) is 23.9. The number of unbranched alkanes of at least 4 members (excludes halogenated alkanes) is 15. The van der Waals surface area contributed by atoms with E-state index in [0.717, 1.165) is 51.4 Å². The van der Waals surface area contributed by atoms with Crippen molar-refractivity contribution < 1.29 is 9.90 Å². The molecule has 1 aromatic heterocycles. The Labute approximate surface area is 227 Å². The molecule has 0 aromatic carbocycles. The van der Waals surface area contributed by atoms with Crippen LogP contribution in [0.1, 0.15) is 126 Å². The zero-order valence-electron chi connectivity index (χ0n) is 23.9. The molecule has 6 heteroatoms. The fraction of sp³-hybridized carbons (Fsp3) is 0.806. The third-order valence-corrected chi connectivity index (χ3v) is 7.65. The van der Waals surface area contributed by atoms with E-state index >= 15 is 0 Å². The zero-order chi connectivity index (χ0) is 26.4. The number of aliphatic hydroxyl groups excluding tert-OH is 1. The lowest BCUT2D eigenvalue weighted by Crippen LogP contribution is -2.46. The van der Waals surface area contributed by atoms with Crippen molar-refractivity contribution in [3.05, 3.63) is 23.9 Å². The summed E-state index contributed by atoms with van der Waals surface area (Å²) in [7, 11) is 0. The van der Waals surface area contributed by atoms with Gasteiger partial charge in [0.15, 0.2) is 0 Å². The molecule has 2 N–H and O–H groups in total. The number of nitrogens with one attached hydrogen (secondary N) is 1. The minimum atomic E-state index is -0.00593. The summed E-state index contributed by atoms with van der Waals surface area (Å²) in [6.45, 7) is 8.75. The summed E-state index contributed by atoms with van der Waals surface area (Å²) in [4.78, 5) is 21.9. The molecule has 1 aromatic rings. The maximum atomic E-state index is 12.5.